The van der Waals surface area contributed by atoms with Gasteiger partial charge in [-0.2, -0.15) is 0 Å². The summed E-state index contributed by atoms with van der Waals surface area (Å²) in [7, 11) is 1.30. The van der Waals surface area contributed by atoms with Gasteiger partial charge in [-0.05, 0) is 39.2 Å². The molecule has 0 saturated carbocycles. The van der Waals surface area contributed by atoms with Crippen molar-refractivity contribution in [3.05, 3.63) is 48.0 Å². The van der Waals surface area contributed by atoms with Crippen LogP contribution in [0.5, 0.6) is 0 Å². The number of carbonyl (C=O) groups is 3. The van der Waals surface area contributed by atoms with Crippen LogP contribution in [0.1, 0.15) is 45.2 Å². The molecule has 1 aromatic rings. The average Bonchev–Trinajstić information content (AvgIpc) is 2.56. The third-order valence-corrected chi connectivity index (χ3v) is 3.30. The lowest BCUT2D eigenvalue weighted by atomic mass is 10.0. The number of imide groups is 1. The molecule has 136 valence electrons. The van der Waals surface area contributed by atoms with E-state index in [1.165, 1.54) is 13.2 Å². The minimum atomic E-state index is -0.704. The first-order valence-corrected chi connectivity index (χ1v) is 8.04. The van der Waals surface area contributed by atoms with Crippen molar-refractivity contribution in [2.24, 2.45) is 0 Å². The molecule has 1 rings (SSSR count). The molecule has 25 heavy (non-hydrogen) atoms. The fourth-order valence-electron chi connectivity index (χ4n) is 2.20. The summed E-state index contributed by atoms with van der Waals surface area (Å²) in [5.74, 6) is -0.448. The van der Waals surface area contributed by atoms with E-state index in [4.69, 9.17) is 4.74 Å². The van der Waals surface area contributed by atoms with Gasteiger partial charge in [0.15, 0.2) is 0 Å². The zero-order valence-corrected chi connectivity index (χ0v) is 15.1. The normalized spacial score (nSPS) is 12.5. The van der Waals surface area contributed by atoms with Crippen LogP contribution < -0.4 is 0 Å². The fraction of sp³-hybridized carbons (Fsp3) is 0.421. The number of carbonyl (C=O) groups excluding carboxylic acids is 3. The van der Waals surface area contributed by atoms with Crippen LogP contribution in [-0.2, 0) is 19.1 Å². The van der Waals surface area contributed by atoms with E-state index in [9.17, 15) is 14.4 Å². The summed E-state index contributed by atoms with van der Waals surface area (Å²) < 4.78 is 9.86. The summed E-state index contributed by atoms with van der Waals surface area (Å²) in [6.45, 7) is 5.22. The highest BCUT2D eigenvalue weighted by atomic mass is 16.6. The third-order valence-electron chi connectivity index (χ3n) is 3.30. The summed E-state index contributed by atoms with van der Waals surface area (Å²) >= 11 is 0. The van der Waals surface area contributed by atoms with Gasteiger partial charge in [0.1, 0.15) is 5.60 Å². The molecular weight excluding hydrogens is 322 g/mol. The van der Waals surface area contributed by atoms with Gasteiger partial charge in [-0.1, -0.05) is 36.4 Å². The second-order valence-corrected chi connectivity index (χ2v) is 6.42. The molecular formula is C19H25NO5. The average molecular weight is 347 g/mol. The van der Waals surface area contributed by atoms with Crippen molar-refractivity contribution in [3.8, 4) is 0 Å². The minimum absolute atomic E-state index is 0.448. The van der Waals surface area contributed by atoms with Crippen LogP contribution in [0.4, 0.5) is 4.79 Å². The summed E-state index contributed by atoms with van der Waals surface area (Å²) in [5.41, 5.74) is 0.108. The molecule has 1 aromatic carbocycles. The fourth-order valence-corrected chi connectivity index (χ4v) is 2.20. The van der Waals surface area contributed by atoms with Crippen molar-refractivity contribution in [2.45, 2.75) is 45.3 Å². The monoisotopic (exact) mass is 347 g/mol. The highest BCUT2D eigenvalue weighted by Crippen LogP contribution is 2.26. The number of ether oxygens (including phenoxy) is 2. The standard InChI is InChI=1S/C19H25NO5/c1-19(2,3)25-18(23)20(14-21)16(15-10-6-5-7-11-15)12-8-9-13-17(22)24-4/h5-7,9-11,13-14,16H,8,12H2,1-4H3/b13-9+/t16-/m1/s1. The van der Waals surface area contributed by atoms with E-state index < -0.39 is 23.7 Å². The largest absolute Gasteiger partial charge is 0.466 e. The maximum Gasteiger partial charge on any atom is 0.417 e. The van der Waals surface area contributed by atoms with E-state index in [-0.39, 0.29) is 0 Å². The van der Waals surface area contributed by atoms with Crippen molar-refractivity contribution in [1.82, 2.24) is 4.90 Å². The Morgan fingerprint density at radius 1 is 1.20 bits per heavy atom. The van der Waals surface area contributed by atoms with Gasteiger partial charge in [0, 0.05) is 6.08 Å². The molecule has 0 saturated heterocycles. The Kier molecular flexibility index (Phi) is 7.85. The van der Waals surface area contributed by atoms with E-state index in [1.807, 2.05) is 30.3 Å². The van der Waals surface area contributed by atoms with Crippen LogP contribution in [0.3, 0.4) is 0 Å². The second-order valence-electron chi connectivity index (χ2n) is 6.42. The Morgan fingerprint density at radius 3 is 2.36 bits per heavy atom. The molecule has 6 nitrogen and oxygen atoms in total. The first kappa shape index (κ1) is 20.4. The highest BCUT2D eigenvalue weighted by molar-refractivity contribution is 5.82. The minimum Gasteiger partial charge on any atom is -0.466 e. The Labute approximate surface area is 148 Å². The molecule has 0 aliphatic carbocycles. The van der Waals surface area contributed by atoms with Crippen molar-refractivity contribution in [3.63, 3.8) is 0 Å². The summed E-state index contributed by atoms with van der Waals surface area (Å²) in [4.78, 5) is 36.1. The maximum absolute atomic E-state index is 12.4. The number of allylic oxidation sites excluding steroid dienone is 1. The molecule has 0 bridgehead atoms. The van der Waals surface area contributed by atoms with Crippen molar-refractivity contribution in [2.75, 3.05) is 7.11 Å². The predicted molar refractivity (Wildman–Crippen MR) is 93.7 cm³/mol. The van der Waals surface area contributed by atoms with E-state index in [0.29, 0.717) is 19.3 Å². The number of hydrogen-bond donors (Lipinski definition) is 0. The molecule has 0 aliphatic rings. The van der Waals surface area contributed by atoms with E-state index in [1.54, 1.807) is 26.8 Å². The van der Waals surface area contributed by atoms with E-state index in [2.05, 4.69) is 4.74 Å². The van der Waals surface area contributed by atoms with Crippen LogP contribution >= 0.6 is 0 Å². The number of benzene rings is 1. The smallest absolute Gasteiger partial charge is 0.417 e. The number of rotatable bonds is 7. The van der Waals surface area contributed by atoms with Crippen LogP contribution in [0.2, 0.25) is 0 Å². The Hall–Kier alpha value is -2.63. The lowest BCUT2D eigenvalue weighted by Crippen LogP contribution is -2.38. The number of nitrogens with zero attached hydrogens (tertiary/aromatic N) is 1. The Bertz CT molecular complexity index is 604. The van der Waals surface area contributed by atoms with Crippen LogP contribution in [-0.4, -0.2) is 36.1 Å². The first-order valence-electron chi connectivity index (χ1n) is 8.04. The topological polar surface area (TPSA) is 72.9 Å². The zero-order valence-electron chi connectivity index (χ0n) is 15.1. The summed E-state index contributed by atoms with van der Waals surface area (Å²) in [5, 5.41) is 0. The number of esters is 1. The number of amides is 2. The molecule has 0 spiro atoms. The van der Waals surface area contributed by atoms with Crippen molar-refractivity contribution < 1.29 is 23.9 Å². The van der Waals surface area contributed by atoms with E-state index >= 15 is 0 Å². The summed E-state index contributed by atoms with van der Waals surface area (Å²) in [6.07, 6.45) is 3.70. The Morgan fingerprint density at radius 2 is 1.84 bits per heavy atom. The molecule has 2 amide bonds. The van der Waals surface area contributed by atoms with Gasteiger partial charge in [-0.25, -0.2) is 14.5 Å². The Balaban J connectivity index is 2.96. The van der Waals surface area contributed by atoms with Gasteiger partial charge in [-0.3, -0.25) is 4.79 Å². The van der Waals surface area contributed by atoms with Crippen molar-refractivity contribution >= 4 is 18.5 Å². The second kappa shape index (κ2) is 9.61. The van der Waals surface area contributed by atoms with Gasteiger partial charge in [0.05, 0.1) is 13.2 Å². The van der Waals surface area contributed by atoms with Crippen LogP contribution in [0.15, 0.2) is 42.5 Å². The predicted octanol–water partition coefficient (Wildman–Crippen LogP) is 3.63. The van der Waals surface area contributed by atoms with Crippen molar-refractivity contribution in [1.29, 1.82) is 0 Å². The SMILES string of the molecule is COC(=O)/C=C/CC[C@H](c1ccccc1)N(C=O)C(=O)OC(C)(C)C. The van der Waals surface area contributed by atoms with E-state index in [0.717, 1.165) is 10.5 Å². The summed E-state index contributed by atoms with van der Waals surface area (Å²) in [6, 6.07) is 8.73. The lowest BCUT2D eigenvalue weighted by molar-refractivity contribution is -0.134. The molecule has 0 heterocycles. The molecule has 1 atom stereocenters. The quantitative estimate of drug-likeness (QED) is 0.428. The molecule has 0 N–H and O–H groups in total. The third kappa shape index (κ3) is 7.20. The molecule has 0 aromatic heterocycles. The zero-order chi connectivity index (χ0) is 18.9. The lowest BCUT2D eigenvalue weighted by Gasteiger charge is -2.29. The van der Waals surface area contributed by atoms with Gasteiger partial charge in [0.2, 0.25) is 6.41 Å². The van der Waals surface area contributed by atoms with Crippen LogP contribution in [0.25, 0.3) is 0 Å². The van der Waals surface area contributed by atoms with Gasteiger partial charge in [0.25, 0.3) is 0 Å². The highest BCUT2D eigenvalue weighted by Gasteiger charge is 2.28. The molecule has 0 radical (unpaired) electrons. The number of methoxy groups -OCH3 is 1. The van der Waals surface area contributed by atoms with Gasteiger partial charge >= 0.3 is 12.1 Å². The van der Waals surface area contributed by atoms with Gasteiger partial charge < -0.3 is 9.47 Å². The van der Waals surface area contributed by atoms with Gasteiger partial charge in [-0.15, -0.1) is 0 Å². The molecule has 0 aliphatic heterocycles. The first-order chi connectivity index (χ1) is 11.8. The number of hydrogen-bond acceptors (Lipinski definition) is 5. The van der Waals surface area contributed by atoms with Crippen LogP contribution in [0, 0.1) is 0 Å². The maximum atomic E-state index is 12.4. The molecule has 0 unspecified atom stereocenters. The molecule has 0 fully saturated rings. The molecule has 6 heteroatoms.